The van der Waals surface area contributed by atoms with Crippen molar-refractivity contribution in [2.24, 2.45) is 0 Å². The van der Waals surface area contributed by atoms with Crippen LogP contribution >= 0.6 is 11.6 Å². The summed E-state index contributed by atoms with van der Waals surface area (Å²) in [7, 11) is 0. The van der Waals surface area contributed by atoms with Gasteiger partial charge in [-0.3, -0.25) is 9.63 Å². The number of halogens is 1. The Labute approximate surface area is 122 Å². The Balaban J connectivity index is 1.69. The lowest BCUT2D eigenvalue weighted by molar-refractivity contribution is -0.0125. The van der Waals surface area contributed by atoms with E-state index < -0.39 is 0 Å². The zero-order valence-corrected chi connectivity index (χ0v) is 11.7. The first kappa shape index (κ1) is 13.5. The van der Waals surface area contributed by atoms with E-state index in [9.17, 15) is 4.79 Å². The number of hydrogen-bond acceptors (Lipinski definition) is 4. The molecule has 0 saturated heterocycles. The molecule has 1 saturated carbocycles. The minimum atomic E-state index is -0.323. The van der Waals surface area contributed by atoms with E-state index in [0.29, 0.717) is 35.3 Å². The van der Waals surface area contributed by atoms with Crippen LogP contribution in [0.4, 0.5) is 0 Å². The quantitative estimate of drug-likeness (QED) is 0.872. The topological polar surface area (TPSA) is 56.8 Å². The van der Waals surface area contributed by atoms with Gasteiger partial charge in [0, 0.05) is 5.56 Å². The molecule has 3 rings (SSSR count). The molecule has 1 aliphatic heterocycles. The van der Waals surface area contributed by atoms with E-state index in [-0.39, 0.29) is 12.0 Å². The number of hydrogen-bond donors (Lipinski definition) is 1. The van der Waals surface area contributed by atoms with Gasteiger partial charge < -0.3 is 9.47 Å². The Morgan fingerprint density at radius 1 is 1.25 bits per heavy atom. The number of benzene rings is 1. The Kier molecular flexibility index (Phi) is 3.98. The molecular weight excluding hydrogens is 282 g/mol. The monoisotopic (exact) mass is 297 g/mol. The van der Waals surface area contributed by atoms with Crippen molar-refractivity contribution in [2.75, 3.05) is 13.2 Å². The second kappa shape index (κ2) is 5.89. The van der Waals surface area contributed by atoms with Gasteiger partial charge in [-0.1, -0.05) is 24.4 Å². The molecule has 1 amide bonds. The Bertz CT molecular complexity index is 514. The summed E-state index contributed by atoms with van der Waals surface area (Å²) in [5.41, 5.74) is 2.88. The van der Waals surface area contributed by atoms with Crippen molar-refractivity contribution >= 4 is 17.5 Å². The molecule has 0 unspecified atom stereocenters. The molecule has 5 nitrogen and oxygen atoms in total. The molecule has 6 heteroatoms. The molecule has 0 atom stereocenters. The van der Waals surface area contributed by atoms with Gasteiger partial charge in [-0.25, -0.2) is 5.48 Å². The van der Waals surface area contributed by atoms with Crippen LogP contribution in [0.2, 0.25) is 5.02 Å². The second-order valence-electron chi connectivity index (χ2n) is 4.94. The number of ether oxygens (including phenoxy) is 2. The van der Waals surface area contributed by atoms with E-state index in [2.05, 4.69) is 5.48 Å². The van der Waals surface area contributed by atoms with Crippen LogP contribution in [0.25, 0.3) is 0 Å². The number of hydroxylamine groups is 1. The van der Waals surface area contributed by atoms with Crippen LogP contribution in [0, 0.1) is 0 Å². The molecule has 1 fully saturated rings. The van der Waals surface area contributed by atoms with Crippen molar-refractivity contribution in [3.63, 3.8) is 0 Å². The van der Waals surface area contributed by atoms with Crippen molar-refractivity contribution in [1.29, 1.82) is 0 Å². The molecule has 0 bridgehead atoms. The molecule has 1 aromatic carbocycles. The summed E-state index contributed by atoms with van der Waals surface area (Å²) in [6, 6.07) is 3.18. The highest BCUT2D eigenvalue weighted by Crippen LogP contribution is 2.38. The molecule has 1 aromatic rings. The van der Waals surface area contributed by atoms with Crippen LogP contribution in [-0.4, -0.2) is 25.2 Å². The normalized spacial score (nSPS) is 18.1. The van der Waals surface area contributed by atoms with Gasteiger partial charge in [-0.05, 0) is 25.0 Å². The summed E-state index contributed by atoms with van der Waals surface area (Å²) in [5, 5.41) is 0.369. The summed E-state index contributed by atoms with van der Waals surface area (Å²) >= 11 is 6.09. The van der Waals surface area contributed by atoms with Gasteiger partial charge >= 0.3 is 0 Å². The van der Waals surface area contributed by atoms with Crippen LogP contribution in [0.3, 0.4) is 0 Å². The average molecular weight is 298 g/mol. The first-order chi connectivity index (χ1) is 9.74. The van der Waals surface area contributed by atoms with Crippen molar-refractivity contribution in [1.82, 2.24) is 5.48 Å². The molecule has 1 aliphatic carbocycles. The fraction of sp³-hybridized carbons (Fsp3) is 0.500. The molecule has 108 valence electrons. The largest absolute Gasteiger partial charge is 0.486 e. The predicted octanol–water partition coefficient (Wildman–Crippen LogP) is 2.72. The summed E-state index contributed by atoms with van der Waals surface area (Å²) in [6.45, 7) is 0.913. The lowest BCUT2D eigenvalue weighted by Gasteiger charge is -2.20. The number of rotatable bonds is 3. The first-order valence-electron chi connectivity index (χ1n) is 6.79. The van der Waals surface area contributed by atoms with Gasteiger partial charge in [0.05, 0.1) is 11.1 Å². The van der Waals surface area contributed by atoms with Crippen molar-refractivity contribution in [2.45, 2.75) is 31.8 Å². The number of fused-ring (bicyclic) bond motifs is 1. The summed E-state index contributed by atoms with van der Waals surface area (Å²) in [4.78, 5) is 17.4. The predicted molar refractivity (Wildman–Crippen MR) is 73.2 cm³/mol. The maximum atomic E-state index is 12.0. The molecule has 2 aliphatic rings. The Morgan fingerprint density at radius 3 is 2.80 bits per heavy atom. The summed E-state index contributed by atoms with van der Waals surface area (Å²) < 4.78 is 10.9. The fourth-order valence-electron chi connectivity index (χ4n) is 2.44. The van der Waals surface area contributed by atoms with Crippen molar-refractivity contribution < 1.29 is 19.1 Å². The van der Waals surface area contributed by atoms with Gasteiger partial charge in [0.25, 0.3) is 5.91 Å². The van der Waals surface area contributed by atoms with Crippen LogP contribution in [0.1, 0.15) is 36.0 Å². The van der Waals surface area contributed by atoms with Crippen LogP contribution in [0.15, 0.2) is 12.1 Å². The summed E-state index contributed by atoms with van der Waals surface area (Å²) in [6.07, 6.45) is 4.39. The van der Waals surface area contributed by atoms with E-state index >= 15 is 0 Å². The highest BCUT2D eigenvalue weighted by molar-refractivity contribution is 6.32. The zero-order chi connectivity index (χ0) is 13.9. The minimum absolute atomic E-state index is 0.117. The second-order valence-corrected chi connectivity index (χ2v) is 5.34. The fourth-order valence-corrected chi connectivity index (χ4v) is 2.71. The maximum absolute atomic E-state index is 12.0. The molecular formula is C14H16ClNO4. The molecule has 20 heavy (non-hydrogen) atoms. The molecule has 1 heterocycles. The number of carbonyl (C=O) groups is 1. The van der Waals surface area contributed by atoms with Gasteiger partial charge in [0.2, 0.25) is 0 Å². The minimum Gasteiger partial charge on any atom is -0.486 e. The SMILES string of the molecule is O=C(NOC1CCCC1)c1cc(Cl)c2c(c1)OCCO2. The molecule has 0 radical (unpaired) electrons. The number of carbonyl (C=O) groups excluding carboxylic acids is 1. The Hall–Kier alpha value is -1.46. The van der Waals surface area contributed by atoms with Gasteiger partial charge in [-0.15, -0.1) is 0 Å². The number of amides is 1. The maximum Gasteiger partial charge on any atom is 0.275 e. The van der Waals surface area contributed by atoms with Gasteiger partial charge in [0.1, 0.15) is 13.2 Å². The molecule has 1 N–H and O–H groups in total. The lowest BCUT2D eigenvalue weighted by Crippen LogP contribution is -2.28. The Morgan fingerprint density at radius 2 is 2.00 bits per heavy atom. The smallest absolute Gasteiger partial charge is 0.275 e. The zero-order valence-electron chi connectivity index (χ0n) is 11.0. The average Bonchev–Trinajstić information content (AvgIpc) is 2.98. The molecule has 0 spiro atoms. The lowest BCUT2D eigenvalue weighted by atomic mass is 10.2. The van der Waals surface area contributed by atoms with E-state index in [0.717, 1.165) is 25.7 Å². The highest BCUT2D eigenvalue weighted by Gasteiger charge is 2.21. The van der Waals surface area contributed by atoms with E-state index in [1.54, 1.807) is 12.1 Å². The first-order valence-corrected chi connectivity index (χ1v) is 7.17. The van der Waals surface area contributed by atoms with Gasteiger partial charge in [0.15, 0.2) is 11.5 Å². The number of nitrogens with one attached hydrogen (secondary N) is 1. The van der Waals surface area contributed by atoms with E-state index in [1.807, 2.05) is 0 Å². The third kappa shape index (κ3) is 2.83. The van der Waals surface area contributed by atoms with Gasteiger partial charge in [-0.2, -0.15) is 0 Å². The highest BCUT2D eigenvalue weighted by atomic mass is 35.5. The standard InChI is InChI=1S/C14H16ClNO4/c15-11-7-9(8-12-13(11)19-6-5-18-12)14(17)16-20-10-3-1-2-4-10/h7-8,10H,1-6H2,(H,16,17). The van der Waals surface area contributed by atoms with Crippen molar-refractivity contribution in [3.8, 4) is 11.5 Å². The third-order valence-electron chi connectivity index (χ3n) is 3.48. The van der Waals surface area contributed by atoms with E-state index in [4.69, 9.17) is 25.9 Å². The third-order valence-corrected chi connectivity index (χ3v) is 3.76. The van der Waals surface area contributed by atoms with Crippen molar-refractivity contribution in [3.05, 3.63) is 22.7 Å². The van der Waals surface area contributed by atoms with Crippen LogP contribution < -0.4 is 15.0 Å². The van der Waals surface area contributed by atoms with E-state index in [1.165, 1.54) is 0 Å². The molecule has 0 aromatic heterocycles. The van der Waals surface area contributed by atoms with Crippen LogP contribution in [-0.2, 0) is 4.84 Å². The van der Waals surface area contributed by atoms with Crippen LogP contribution in [0.5, 0.6) is 11.5 Å². The summed E-state index contributed by atoms with van der Waals surface area (Å²) in [5.74, 6) is 0.664.